The number of pyridine rings is 1. The van der Waals surface area contributed by atoms with Crippen molar-refractivity contribution in [2.24, 2.45) is 0 Å². The van der Waals surface area contributed by atoms with Gasteiger partial charge in [0.2, 0.25) is 5.91 Å². The van der Waals surface area contributed by atoms with Gasteiger partial charge in [-0.1, -0.05) is 19.9 Å². The quantitative estimate of drug-likeness (QED) is 0.749. The third-order valence-corrected chi connectivity index (χ3v) is 6.24. The lowest BCUT2D eigenvalue weighted by Crippen LogP contribution is -2.45. The van der Waals surface area contributed by atoms with Gasteiger partial charge in [0, 0.05) is 43.1 Å². The first-order valence-corrected chi connectivity index (χ1v) is 10.7. The Balaban J connectivity index is 1.65. The molecule has 6 nitrogen and oxygen atoms in total. The number of hydrogen-bond donors (Lipinski definition) is 2. The second-order valence-electron chi connectivity index (χ2n) is 7.07. The van der Waals surface area contributed by atoms with Gasteiger partial charge < -0.3 is 10.6 Å². The molecule has 0 saturated heterocycles. The average Bonchev–Trinajstić information content (AvgIpc) is 3.15. The summed E-state index contributed by atoms with van der Waals surface area (Å²) in [4.78, 5) is 32.7. The molecule has 3 heterocycles. The Hall–Kier alpha value is -2.25. The number of rotatable bonds is 7. The second-order valence-corrected chi connectivity index (χ2v) is 8.04. The number of aryl methyl sites for hydroxylation is 1. The Kier molecular flexibility index (Phi) is 6.80. The highest BCUT2D eigenvalue weighted by atomic mass is 32.1. The summed E-state index contributed by atoms with van der Waals surface area (Å²) in [5.74, 6) is -0.314. The van der Waals surface area contributed by atoms with E-state index in [4.69, 9.17) is 0 Å². The van der Waals surface area contributed by atoms with Crippen molar-refractivity contribution in [3.05, 3.63) is 51.0 Å². The number of thiophene rings is 1. The first-order valence-electron chi connectivity index (χ1n) is 9.83. The molecule has 150 valence electrons. The molecule has 1 atom stereocenters. The van der Waals surface area contributed by atoms with Gasteiger partial charge in [-0.3, -0.25) is 19.5 Å². The second kappa shape index (κ2) is 9.30. The van der Waals surface area contributed by atoms with Crippen LogP contribution in [0.5, 0.6) is 0 Å². The Morgan fingerprint density at radius 2 is 2.14 bits per heavy atom. The third-order valence-electron chi connectivity index (χ3n) is 5.23. The molecule has 1 unspecified atom stereocenters. The van der Waals surface area contributed by atoms with Gasteiger partial charge in [0.05, 0.1) is 11.3 Å². The molecule has 1 aliphatic rings. The highest BCUT2D eigenvalue weighted by Gasteiger charge is 2.26. The lowest BCUT2D eigenvalue weighted by atomic mass is 10.0. The zero-order chi connectivity index (χ0) is 20.1. The fourth-order valence-electron chi connectivity index (χ4n) is 3.46. The molecule has 2 N–H and O–H groups in total. The van der Waals surface area contributed by atoms with Crippen LogP contribution >= 0.6 is 11.3 Å². The van der Waals surface area contributed by atoms with Gasteiger partial charge in [-0.25, -0.2) is 0 Å². The largest absolute Gasteiger partial charge is 0.357 e. The molecule has 0 aliphatic carbocycles. The van der Waals surface area contributed by atoms with E-state index in [0.717, 1.165) is 43.7 Å². The normalized spacial score (nSPS) is 15.0. The molecule has 1 aliphatic heterocycles. The lowest BCUT2D eigenvalue weighted by molar-refractivity contribution is -0.122. The fraction of sp³-hybridized carbons (Fsp3) is 0.476. The Morgan fingerprint density at radius 3 is 2.79 bits per heavy atom. The molecule has 0 aromatic carbocycles. The molecule has 0 spiro atoms. The van der Waals surface area contributed by atoms with Gasteiger partial charge in [0.25, 0.3) is 5.91 Å². The summed E-state index contributed by atoms with van der Waals surface area (Å²) < 4.78 is 0. The summed E-state index contributed by atoms with van der Waals surface area (Å²) in [5, 5.41) is 7.39. The van der Waals surface area contributed by atoms with Crippen molar-refractivity contribution in [3.8, 4) is 0 Å². The van der Waals surface area contributed by atoms with Crippen LogP contribution in [-0.2, 0) is 30.7 Å². The number of amides is 2. The summed E-state index contributed by atoms with van der Waals surface area (Å²) in [7, 11) is 1.59. The van der Waals surface area contributed by atoms with Crippen molar-refractivity contribution >= 4 is 23.2 Å². The van der Waals surface area contributed by atoms with Gasteiger partial charge in [0.1, 0.15) is 6.04 Å². The third kappa shape index (κ3) is 4.59. The van der Waals surface area contributed by atoms with E-state index in [1.165, 1.54) is 10.4 Å². The van der Waals surface area contributed by atoms with Crippen LogP contribution in [0.3, 0.4) is 0 Å². The number of nitrogens with zero attached hydrogens (tertiary/aromatic N) is 2. The molecule has 0 bridgehead atoms. The van der Waals surface area contributed by atoms with Crippen LogP contribution in [0, 0.1) is 0 Å². The van der Waals surface area contributed by atoms with E-state index in [1.54, 1.807) is 18.4 Å². The number of hydrogen-bond acceptors (Lipinski definition) is 5. The Bertz CT molecular complexity index is 831. The van der Waals surface area contributed by atoms with E-state index in [1.807, 2.05) is 18.5 Å². The topological polar surface area (TPSA) is 74.3 Å². The molecule has 2 aromatic heterocycles. The van der Waals surface area contributed by atoms with Crippen LogP contribution < -0.4 is 10.6 Å². The fourth-order valence-corrected chi connectivity index (χ4v) is 4.58. The summed E-state index contributed by atoms with van der Waals surface area (Å²) in [5.41, 5.74) is 4.17. The molecule has 0 saturated carbocycles. The smallest absolute Gasteiger partial charge is 0.253 e. The first kappa shape index (κ1) is 20.5. The number of aromatic nitrogens is 1. The van der Waals surface area contributed by atoms with Gasteiger partial charge in [-0.2, -0.15) is 0 Å². The van der Waals surface area contributed by atoms with Crippen LogP contribution in [0.2, 0.25) is 0 Å². The molecule has 28 heavy (non-hydrogen) atoms. The maximum absolute atomic E-state index is 12.7. The summed E-state index contributed by atoms with van der Waals surface area (Å²) in [6.45, 7) is 6.56. The van der Waals surface area contributed by atoms with E-state index < -0.39 is 6.04 Å². The Morgan fingerprint density at radius 1 is 1.32 bits per heavy atom. The highest BCUT2D eigenvalue weighted by Crippen LogP contribution is 2.29. The predicted octanol–water partition coefficient (Wildman–Crippen LogP) is 2.52. The molecular formula is C21H28N4O2S. The molecular weight excluding hydrogens is 372 g/mol. The lowest BCUT2D eigenvalue weighted by Gasteiger charge is -2.27. The minimum atomic E-state index is -0.495. The molecule has 7 heteroatoms. The zero-order valence-electron chi connectivity index (χ0n) is 16.7. The molecule has 3 rings (SSSR count). The molecule has 2 aromatic rings. The summed E-state index contributed by atoms with van der Waals surface area (Å²) in [6.07, 6.45) is 4.36. The maximum atomic E-state index is 12.7. The van der Waals surface area contributed by atoms with E-state index in [9.17, 15) is 9.59 Å². The maximum Gasteiger partial charge on any atom is 0.253 e. The first-order chi connectivity index (χ1) is 13.5. The average molecular weight is 401 g/mol. The Labute approximate surface area is 170 Å². The molecule has 0 fully saturated rings. The molecule has 0 radical (unpaired) electrons. The van der Waals surface area contributed by atoms with Crippen molar-refractivity contribution in [3.63, 3.8) is 0 Å². The number of fused-ring (bicyclic) bond motifs is 1. The van der Waals surface area contributed by atoms with Crippen molar-refractivity contribution in [2.45, 2.75) is 52.2 Å². The van der Waals surface area contributed by atoms with Crippen LogP contribution in [0.25, 0.3) is 0 Å². The van der Waals surface area contributed by atoms with Crippen molar-refractivity contribution in [2.75, 3.05) is 13.6 Å². The number of carbonyl (C=O) groups is 2. The van der Waals surface area contributed by atoms with Crippen LogP contribution in [0.15, 0.2) is 23.7 Å². The van der Waals surface area contributed by atoms with Gasteiger partial charge in [0.15, 0.2) is 0 Å². The highest BCUT2D eigenvalue weighted by molar-refractivity contribution is 7.10. The van der Waals surface area contributed by atoms with Gasteiger partial charge >= 0.3 is 0 Å². The van der Waals surface area contributed by atoms with E-state index in [0.29, 0.717) is 12.0 Å². The van der Waals surface area contributed by atoms with E-state index >= 15 is 0 Å². The molecule has 2 amide bonds. The predicted molar refractivity (Wildman–Crippen MR) is 111 cm³/mol. The summed E-state index contributed by atoms with van der Waals surface area (Å²) in [6, 6.07) is 3.75. The van der Waals surface area contributed by atoms with Crippen molar-refractivity contribution in [1.29, 1.82) is 0 Å². The monoisotopic (exact) mass is 400 g/mol. The minimum Gasteiger partial charge on any atom is -0.357 e. The number of nitrogens with one attached hydrogen (secondary N) is 2. The van der Waals surface area contributed by atoms with Crippen LogP contribution in [0.1, 0.15) is 52.3 Å². The van der Waals surface area contributed by atoms with Crippen LogP contribution in [-0.4, -0.2) is 41.3 Å². The van der Waals surface area contributed by atoms with Crippen molar-refractivity contribution < 1.29 is 9.59 Å². The number of carbonyl (C=O) groups excluding carboxylic acids is 2. The van der Waals surface area contributed by atoms with Gasteiger partial charge in [-0.15, -0.1) is 11.3 Å². The van der Waals surface area contributed by atoms with Crippen molar-refractivity contribution in [1.82, 2.24) is 20.5 Å². The van der Waals surface area contributed by atoms with E-state index in [2.05, 4.69) is 39.6 Å². The zero-order valence-corrected chi connectivity index (χ0v) is 17.6. The van der Waals surface area contributed by atoms with Crippen LogP contribution in [0.4, 0.5) is 0 Å². The number of likely N-dealkylation sites (N-methyl/N-ethyl adjacent to an activating group) is 1. The van der Waals surface area contributed by atoms with E-state index in [-0.39, 0.29) is 11.8 Å². The standard InChI is InChI=1S/C21H28N4O2S/c1-4-14-6-7-15(23-10-14)11-25-9-8-16-17(13-28-19(16)12-25)20(26)24-18(5-2)21(27)22-3/h6-7,10,13,18H,4-5,8-9,11-12H2,1-3H3,(H,22,27)(H,24,26). The SMILES string of the molecule is CCc1ccc(CN2CCc3c(C(=O)NC(CC)C(=O)NC)csc3C2)nc1. The minimum absolute atomic E-state index is 0.154. The van der Waals surface area contributed by atoms with Gasteiger partial charge in [-0.05, 0) is 36.5 Å². The summed E-state index contributed by atoms with van der Waals surface area (Å²) >= 11 is 1.63.